The summed E-state index contributed by atoms with van der Waals surface area (Å²) in [5, 5.41) is 2.10. The summed E-state index contributed by atoms with van der Waals surface area (Å²) >= 11 is 0. The summed E-state index contributed by atoms with van der Waals surface area (Å²) in [7, 11) is 0. The average molecular weight is 451 g/mol. The van der Waals surface area contributed by atoms with Gasteiger partial charge in [0.05, 0.1) is 0 Å². The van der Waals surface area contributed by atoms with Crippen LogP contribution in [-0.4, -0.2) is 17.6 Å². The highest BCUT2D eigenvalue weighted by atomic mass is 15.4. The molecular formula is C30H62N2. The van der Waals surface area contributed by atoms with Crippen molar-refractivity contribution in [1.29, 1.82) is 0 Å². The monoisotopic (exact) mass is 450 g/mol. The second-order valence-electron chi connectivity index (χ2n) is 12.1. The van der Waals surface area contributed by atoms with E-state index in [0.29, 0.717) is 6.04 Å². The van der Waals surface area contributed by atoms with E-state index in [1.54, 1.807) is 0 Å². The number of nitrogens with two attached hydrogens (primary N) is 1. The summed E-state index contributed by atoms with van der Waals surface area (Å²) in [6, 6.07) is 0.538. The van der Waals surface area contributed by atoms with Crippen molar-refractivity contribution in [2.45, 2.75) is 151 Å². The normalized spacial score (nSPS) is 24.4. The minimum absolute atomic E-state index is 0.538. The minimum Gasteiger partial charge on any atom is -0.269 e. The van der Waals surface area contributed by atoms with Gasteiger partial charge in [0.2, 0.25) is 0 Å². The molecule has 6 atom stereocenters. The molecule has 1 fully saturated rings. The fourth-order valence-electron chi connectivity index (χ4n) is 6.14. The first kappa shape index (κ1) is 30.0. The van der Waals surface area contributed by atoms with Gasteiger partial charge in [-0.1, -0.05) is 106 Å². The molecule has 0 aromatic rings. The van der Waals surface area contributed by atoms with E-state index >= 15 is 0 Å². The van der Waals surface area contributed by atoms with Gasteiger partial charge >= 0.3 is 0 Å². The highest BCUT2D eigenvalue weighted by Crippen LogP contribution is 2.45. The number of hydrazine groups is 1. The van der Waals surface area contributed by atoms with Crippen LogP contribution in [0.2, 0.25) is 0 Å². The van der Waals surface area contributed by atoms with Crippen molar-refractivity contribution in [1.82, 2.24) is 5.01 Å². The summed E-state index contributed by atoms with van der Waals surface area (Å²) in [5.41, 5.74) is 0. The topological polar surface area (TPSA) is 29.3 Å². The zero-order valence-electron chi connectivity index (χ0n) is 23.4. The fourth-order valence-corrected chi connectivity index (χ4v) is 6.14. The third-order valence-electron chi connectivity index (χ3n) is 9.20. The third kappa shape index (κ3) is 11.9. The second kappa shape index (κ2) is 17.4. The van der Waals surface area contributed by atoms with Gasteiger partial charge in [0.25, 0.3) is 0 Å². The van der Waals surface area contributed by atoms with Crippen LogP contribution in [0.25, 0.3) is 0 Å². The molecule has 0 radical (unpaired) electrons. The van der Waals surface area contributed by atoms with Crippen LogP contribution in [0.5, 0.6) is 0 Å². The first-order chi connectivity index (χ1) is 15.3. The van der Waals surface area contributed by atoms with E-state index in [0.717, 1.165) is 42.1 Å². The van der Waals surface area contributed by atoms with E-state index < -0.39 is 0 Å². The first-order valence-electron chi connectivity index (χ1n) is 14.8. The number of nitrogens with zero attached hydrogens (tertiary/aromatic N) is 1. The molecule has 6 unspecified atom stereocenters. The Balaban J connectivity index is 2.04. The largest absolute Gasteiger partial charge is 0.269 e. The Labute approximate surface area is 203 Å². The van der Waals surface area contributed by atoms with Crippen LogP contribution in [0, 0.1) is 35.5 Å². The van der Waals surface area contributed by atoms with E-state index in [4.69, 9.17) is 5.84 Å². The lowest BCUT2D eigenvalue weighted by Crippen LogP contribution is -2.39. The Morgan fingerprint density at radius 1 is 0.781 bits per heavy atom. The van der Waals surface area contributed by atoms with Crippen LogP contribution in [0.1, 0.15) is 145 Å². The van der Waals surface area contributed by atoms with E-state index in [2.05, 4.69) is 53.5 Å². The number of unbranched alkanes of at least 4 members (excludes halogenated alkanes) is 7. The Hall–Kier alpha value is -0.0800. The van der Waals surface area contributed by atoms with Crippen LogP contribution in [-0.2, 0) is 0 Å². The molecule has 0 heterocycles. The van der Waals surface area contributed by atoms with Crippen molar-refractivity contribution in [3.05, 3.63) is 0 Å². The van der Waals surface area contributed by atoms with Crippen LogP contribution < -0.4 is 5.84 Å². The molecule has 1 saturated carbocycles. The molecule has 1 aliphatic carbocycles. The van der Waals surface area contributed by atoms with Gasteiger partial charge in [-0.25, -0.2) is 5.01 Å². The highest BCUT2D eigenvalue weighted by Gasteiger charge is 2.36. The van der Waals surface area contributed by atoms with Crippen molar-refractivity contribution in [3.8, 4) is 0 Å². The molecular weight excluding hydrogens is 388 g/mol. The molecule has 2 heteroatoms. The van der Waals surface area contributed by atoms with Gasteiger partial charge in [0.1, 0.15) is 0 Å². The Morgan fingerprint density at radius 3 is 2.06 bits per heavy atom. The molecule has 1 aliphatic rings. The summed E-state index contributed by atoms with van der Waals surface area (Å²) in [6.45, 7) is 18.0. The maximum absolute atomic E-state index is 6.28. The maximum Gasteiger partial charge on any atom is 0.0212 e. The van der Waals surface area contributed by atoms with E-state index in [-0.39, 0.29) is 0 Å². The summed E-state index contributed by atoms with van der Waals surface area (Å²) in [6.07, 6.45) is 20.8. The molecule has 2 N–H and O–H groups in total. The van der Waals surface area contributed by atoms with Crippen LogP contribution in [0.15, 0.2) is 0 Å². The van der Waals surface area contributed by atoms with Gasteiger partial charge in [-0.05, 0) is 74.5 Å². The van der Waals surface area contributed by atoms with Gasteiger partial charge in [-0.3, -0.25) is 5.84 Å². The predicted molar refractivity (Wildman–Crippen MR) is 145 cm³/mol. The molecule has 0 aromatic heterocycles. The highest BCUT2D eigenvalue weighted by molar-refractivity contribution is 4.86. The lowest BCUT2D eigenvalue weighted by molar-refractivity contribution is 0.196. The summed E-state index contributed by atoms with van der Waals surface area (Å²) < 4.78 is 0. The predicted octanol–water partition coefficient (Wildman–Crippen LogP) is 9.23. The van der Waals surface area contributed by atoms with E-state index in [9.17, 15) is 0 Å². The number of rotatable bonds is 19. The van der Waals surface area contributed by atoms with Gasteiger partial charge in [-0.2, -0.15) is 0 Å². The number of hydrogen-bond donors (Lipinski definition) is 1. The molecule has 2 nitrogen and oxygen atoms in total. The molecule has 0 saturated heterocycles. The van der Waals surface area contributed by atoms with Crippen molar-refractivity contribution < 1.29 is 0 Å². The summed E-state index contributed by atoms with van der Waals surface area (Å²) in [4.78, 5) is 0. The third-order valence-corrected chi connectivity index (χ3v) is 9.20. The van der Waals surface area contributed by atoms with Gasteiger partial charge in [0.15, 0.2) is 0 Å². The molecule has 0 bridgehead atoms. The van der Waals surface area contributed by atoms with Gasteiger partial charge in [0, 0.05) is 12.6 Å². The van der Waals surface area contributed by atoms with Crippen molar-refractivity contribution in [2.75, 3.05) is 6.54 Å². The zero-order chi connectivity index (χ0) is 23.9. The molecule has 192 valence electrons. The van der Waals surface area contributed by atoms with E-state index in [1.807, 2.05) is 0 Å². The van der Waals surface area contributed by atoms with Crippen LogP contribution in [0.3, 0.4) is 0 Å². The molecule has 0 amide bonds. The quantitative estimate of drug-likeness (QED) is 0.121. The standard InChI is InChI=1S/C30H62N2/c1-8-9-10-13-16-23-32(31)26(5)18-15-12-11-14-17-25(4)19-20-29-21-22-30(28(29)7)27(6)24(2)3/h24-30H,8-23,31H2,1-7H3. The SMILES string of the molecule is CCCCCCCN(N)C(C)CCCCCCC(C)CCC1CCC(C(C)C(C)C)C1C. The summed E-state index contributed by atoms with van der Waals surface area (Å²) in [5.74, 6) is 11.8. The van der Waals surface area contributed by atoms with Crippen LogP contribution in [0.4, 0.5) is 0 Å². The lowest BCUT2D eigenvalue weighted by Gasteiger charge is -2.29. The first-order valence-corrected chi connectivity index (χ1v) is 14.8. The van der Waals surface area contributed by atoms with E-state index in [1.165, 1.54) is 96.3 Å². The molecule has 1 rings (SSSR count). The van der Waals surface area contributed by atoms with Gasteiger partial charge < -0.3 is 0 Å². The zero-order valence-corrected chi connectivity index (χ0v) is 23.4. The Morgan fingerprint density at radius 2 is 1.41 bits per heavy atom. The smallest absolute Gasteiger partial charge is 0.0212 e. The Bertz CT molecular complexity index is 435. The fraction of sp³-hybridized carbons (Fsp3) is 1.00. The van der Waals surface area contributed by atoms with Crippen molar-refractivity contribution in [2.24, 2.45) is 41.4 Å². The number of hydrogen-bond acceptors (Lipinski definition) is 2. The Kier molecular flexibility index (Phi) is 16.3. The molecule has 0 aliphatic heterocycles. The van der Waals surface area contributed by atoms with Crippen molar-refractivity contribution >= 4 is 0 Å². The average Bonchev–Trinajstić information content (AvgIpc) is 3.13. The second-order valence-corrected chi connectivity index (χ2v) is 12.1. The lowest BCUT2D eigenvalue weighted by atomic mass is 9.77. The van der Waals surface area contributed by atoms with Gasteiger partial charge in [-0.15, -0.1) is 0 Å². The molecule has 0 aromatic carbocycles. The minimum atomic E-state index is 0.538. The van der Waals surface area contributed by atoms with Crippen LogP contribution >= 0.6 is 0 Å². The van der Waals surface area contributed by atoms with Crippen molar-refractivity contribution in [3.63, 3.8) is 0 Å². The molecule has 32 heavy (non-hydrogen) atoms. The molecule has 0 spiro atoms. The maximum atomic E-state index is 6.28.